The van der Waals surface area contributed by atoms with Crippen molar-refractivity contribution >= 4 is 5.97 Å². The van der Waals surface area contributed by atoms with Gasteiger partial charge in [-0.25, -0.2) is 4.79 Å². The van der Waals surface area contributed by atoms with Crippen molar-refractivity contribution in [1.29, 1.82) is 0 Å². The maximum absolute atomic E-state index is 10.3. The Hall–Kier alpha value is -1.51. The lowest BCUT2D eigenvalue weighted by Gasteiger charge is -2.11. The molecule has 82 valence electrons. The minimum Gasteiger partial charge on any atom is -0.482 e. The van der Waals surface area contributed by atoms with Gasteiger partial charge in [-0.1, -0.05) is 6.92 Å². The molecular formula is C12H16O3. The normalized spacial score (nSPS) is 10.1. The Kier molecular flexibility index (Phi) is 3.72. The van der Waals surface area contributed by atoms with Gasteiger partial charge in [0.05, 0.1) is 0 Å². The second-order valence-electron chi connectivity index (χ2n) is 3.57. The number of carboxylic acid groups (broad SMARTS) is 1. The fraction of sp³-hybridized carbons (Fsp3) is 0.417. The SMILES string of the molecule is CCc1c(C)cc(OCC(=O)O)cc1C. The molecule has 0 unspecified atom stereocenters. The first-order valence-corrected chi connectivity index (χ1v) is 4.99. The number of benzene rings is 1. The van der Waals surface area contributed by atoms with Crippen LogP contribution in [0.3, 0.4) is 0 Å². The van der Waals surface area contributed by atoms with Crippen LogP contribution in [0, 0.1) is 13.8 Å². The van der Waals surface area contributed by atoms with E-state index in [1.807, 2.05) is 26.0 Å². The molecule has 1 aromatic rings. The summed E-state index contributed by atoms with van der Waals surface area (Å²) < 4.78 is 5.13. The van der Waals surface area contributed by atoms with E-state index in [1.54, 1.807) is 0 Å². The minimum absolute atomic E-state index is 0.287. The molecule has 0 aliphatic heterocycles. The van der Waals surface area contributed by atoms with Gasteiger partial charge in [0.25, 0.3) is 0 Å². The zero-order valence-corrected chi connectivity index (χ0v) is 9.33. The van der Waals surface area contributed by atoms with Crippen LogP contribution in [-0.4, -0.2) is 17.7 Å². The summed E-state index contributed by atoms with van der Waals surface area (Å²) in [5.74, 6) is -0.325. The van der Waals surface area contributed by atoms with Gasteiger partial charge in [0, 0.05) is 0 Å². The average Bonchev–Trinajstić information content (AvgIpc) is 2.14. The summed E-state index contributed by atoms with van der Waals surface area (Å²) in [6.45, 7) is 5.84. The van der Waals surface area contributed by atoms with E-state index in [-0.39, 0.29) is 6.61 Å². The Morgan fingerprint density at radius 3 is 2.27 bits per heavy atom. The Balaban J connectivity index is 2.88. The highest BCUT2D eigenvalue weighted by molar-refractivity contribution is 5.68. The predicted molar refractivity (Wildman–Crippen MR) is 58.4 cm³/mol. The smallest absolute Gasteiger partial charge is 0.341 e. The predicted octanol–water partition coefficient (Wildman–Crippen LogP) is 2.33. The number of rotatable bonds is 4. The highest BCUT2D eigenvalue weighted by atomic mass is 16.5. The van der Waals surface area contributed by atoms with Crippen molar-refractivity contribution in [3.05, 3.63) is 28.8 Å². The fourth-order valence-electron chi connectivity index (χ4n) is 1.74. The van der Waals surface area contributed by atoms with E-state index in [2.05, 4.69) is 6.92 Å². The quantitative estimate of drug-likeness (QED) is 0.826. The summed E-state index contributed by atoms with van der Waals surface area (Å²) in [6.07, 6.45) is 0.983. The van der Waals surface area contributed by atoms with Crippen molar-refractivity contribution in [1.82, 2.24) is 0 Å². The second-order valence-corrected chi connectivity index (χ2v) is 3.57. The van der Waals surface area contributed by atoms with Crippen molar-refractivity contribution in [3.8, 4) is 5.75 Å². The third kappa shape index (κ3) is 2.98. The molecule has 3 nitrogen and oxygen atoms in total. The first kappa shape index (κ1) is 11.6. The highest BCUT2D eigenvalue weighted by Crippen LogP contribution is 2.22. The van der Waals surface area contributed by atoms with Gasteiger partial charge < -0.3 is 9.84 Å². The molecule has 0 saturated heterocycles. The lowest BCUT2D eigenvalue weighted by atomic mass is 10.0. The summed E-state index contributed by atoms with van der Waals surface area (Å²) in [5.41, 5.74) is 3.61. The third-order valence-electron chi connectivity index (χ3n) is 2.39. The summed E-state index contributed by atoms with van der Waals surface area (Å²) in [5, 5.41) is 8.49. The van der Waals surface area contributed by atoms with Crippen LogP contribution in [0.2, 0.25) is 0 Å². The molecule has 0 aliphatic rings. The van der Waals surface area contributed by atoms with Gasteiger partial charge in [0.15, 0.2) is 6.61 Å². The Morgan fingerprint density at radius 1 is 1.33 bits per heavy atom. The van der Waals surface area contributed by atoms with Crippen LogP contribution in [0.5, 0.6) is 5.75 Å². The zero-order chi connectivity index (χ0) is 11.4. The summed E-state index contributed by atoms with van der Waals surface area (Å²) in [6, 6.07) is 3.77. The first-order valence-electron chi connectivity index (χ1n) is 4.99. The first-order chi connectivity index (χ1) is 7.04. The Labute approximate surface area is 89.7 Å². The Morgan fingerprint density at radius 2 is 1.87 bits per heavy atom. The molecule has 0 atom stereocenters. The molecule has 0 radical (unpaired) electrons. The molecule has 0 bridgehead atoms. The molecular weight excluding hydrogens is 192 g/mol. The van der Waals surface area contributed by atoms with E-state index in [9.17, 15) is 4.79 Å². The van der Waals surface area contributed by atoms with Crippen LogP contribution in [0.25, 0.3) is 0 Å². The van der Waals surface area contributed by atoms with E-state index in [0.29, 0.717) is 5.75 Å². The van der Waals surface area contributed by atoms with Gasteiger partial charge >= 0.3 is 5.97 Å². The monoisotopic (exact) mass is 208 g/mol. The molecule has 15 heavy (non-hydrogen) atoms. The van der Waals surface area contributed by atoms with Crippen molar-refractivity contribution in [2.75, 3.05) is 6.61 Å². The van der Waals surface area contributed by atoms with Gasteiger partial charge in [-0.05, 0) is 49.1 Å². The third-order valence-corrected chi connectivity index (χ3v) is 2.39. The molecule has 0 saturated carbocycles. The molecule has 0 amide bonds. The van der Waals surface area contributed by atoms with Crippen LogP contribution in [-0.2, 0) is 11.2 Å². The second kappa shape index (κ2) is 4.82. The topological polar surface area (TPSA) is 46.5 Å². The van der Waals surface area contributed by atoms with Crippen LogP contribution in [0.4, 0.5) is 0 Å². The van der Waals surface area contributed by atoms with Crippen LogP contribution >= 0.6 is 0 Å². The molecule has 0 fully saturated rings. The molecule has 0 aliphatic carbocycles. The highest BCUT2D eigenvalue weighted by Gasteiger charge is 2.05. The molecule has 0 spiro atoms. The van der Waals surface area contributed by atoms with Crippen molar-refractivity contribution in [3.63, 3.8) is 0 Å². The van der Waals surface area contributed by atoms with Crippen LogP contribution in [0.15, 0.2) is 12.1 Å². The van der Waals surface area contributed by atoms with Gasteiger partial charge in [0.2, 0.25) is 0 Å². The number of aliphatic carboxylic acids is 1. The van der Waals surface area contributed by atoms with Crippen LogP contribution < -0.4 is 4.74 Å². The van der Waals surface area contributed by atoms with Crippen molar-refractivity contribution < 1.29 is 14.6 Å². The summed E-state index contributed by atoms with van der Waals surface area (Å²) in [7, 11) is 0. The molecule has 3 heteroatoms. The lowest BCUT2D eigenvalue weighted by molar-refractivity contribution is -0.139. The Bertz CT molecular complexity index is 346. The van der Waals surface area contributed by atoms with E-state index in [1.165, 1.54) is 5.56 Å². The fourth-order valence-corrected chi connectivity index (χ4v) is 1.74. The zero-order valence-electron chi connectivity index (χ0n) is 9.33. The van der Waals surface area contributed by atoms with Gasteiger partial charge in [-0.2, -0.15) is 0 Å². The lowest BCUT2D eigenvalue weighted by Crippen LogP contribution is -2.09. The largest absolute Gasteiger partial charge is 0.482 e. The van der Waals surface area contributed by atoms with Crippen LogP contribution in [0.1, 0.15) is 23.6 Å². The maximum Gasteiger partial charge on any atom is 0.341 e. The van der Waals surface area contributed by atoms with Crippen molar-refractivity contribution in [2.24, 2.45) is 0 Å². The molecule has 0 aromatic heterocycles. The van der Waals surface area contributed by atoms with E-state index >= 15 is 0 Å². The molecule has 0 heterocycles. The average molecular weight is 208 g/mol. The van der Waals surface area contributed by atoms with Gasteiger partial charge in [-0.3, -0.25) is 0 Å². The van der Waals surface area contributed by atoms with E-state index in [0.717, 1.165) is 17.5 Å². The van der Waals surface area contributed by atoms with Crippen molar-refractivity contribution in [2.45, 2.75) is 27.2 Å². The summed E-state index contributed by atoms with van der Waals surface area (Å²) in [4.78, 5) is 10.3. The van der Waals surface area contributed by atoms with E-state index < -0.39 is 5.97 Å². The van der Waals surface area contributed by atoms with Gasteiger partial charge in [0.1, 0.15) is 5.75 Å². The molecule has 1 aromatic carbocycles. The molecule has 1 N–H and O–H groups in total. The number of hydrogen-bond acceptors (Lipinski definition) is 2. The number of ether oxygens (including phenoxy) is 1. The summed E-state index contributed by atoms with van der Waals surface area (Å²) >= 11 is 0. The minimum atomic E-state index is -0.954. The number of carboxylic acids is 1. The van der Waals surface area contributed by atoms with Gasteiger partial charge in [-0.15, -0.1) is 0 Å². The number of hydrogen-bond donors (Lipinski definition) is 1. The number of aryl methyl sites for hydroxylation is 2. The molecule has 1 rings (SSSR count). The maximum atomic E-state index is 10.3. The number of carbonyl (C=O) groups is 1. The van der Waals surface area contributed by atoms with E-state index in [4.69, 9.17) is 9.84 Å². The standard InChI is InChI=1S/C12H16O3/c1-4-11-8(2)5-10(6-9(11)3)15-7-12(13)14/h5-6H,4,7H2,1-3H3,(H,13,14).